The number of rotatable bonds is 7. The van der Waals surface area contributed by atoms with Crippen molar-refractivity contribution < 1.29 is 9.18 Å². The van der Waals surface area contributed by atoms with E-state index in [0.29, 0.717) is 17.9 Å². The molecule has 170 valence electrons. The summed E-state index contributed by atoms with van der Waals surface area (Å²) in [6, 6.07) is 12.4. The maximum atomic E-state index is 12.5. The van der Waals surface area contributed by atoms with Crippen LogP contribution in [0.4, 0.5) is 15.8 Å². The fourth-order valence-corrected chi connectivity index (χ4v) is 5.19. The monoisotopic (exact) mass is 434 g/mol. The molecule has 2 aliphatic rings. The molecule has 3 nitrogen and oxygen atoms in total. The Morgan fingerprint density at radius 1 is 1.09 bits per heavy atom. The molecular formula is C27H36BFN2O. The van der Waals surface area contributed by atoms with Crippen LogP contribution in [0.2, 0.25) is 0 Å². The highest BCUT2D eigenvalue weighted by Gasteiger charge is 2.48. The molecule has 5 heteroatoms. The minimum atomic E-state index is -0.299. The number of benzene rings is 2. The minimum Gasteiger partial charge on any atom is -0.371 e. The number of anilines is 2. The van der Waals surface area contributed by atoms with Gasteiger partial charge in [-0.25, -0.2) is 4.39 Å². The molecule has 0 saturated heterocycles. The number of ketones is 1. The second-order valence-electron chi connectivity index (χ2n) is 9.02. The zero-order chi connectivity index (χ0) is 23.3. The fraction of sp³-hybridized carbons (Fsp3) is 0.519. The average molecular weight is 434 g/mol. The first kappa shape index (κ1) is 24.3. The molecule has 0 aliphatic carbocycles. The molecule has 4 rings (SSSR count). The van der Waals surface area contributed by atoms with E-state index in [1.165, 1.54) is 41.2 Å². The lowest BCUT2D eigenvalue weighted by atomic mass is 9.64. The highest BCUT2D eigenvalue weighted by molar-refractivity contribution is 6.19. The predicted octanol–water partition coefficient (Wildman–Crippen LogP) is 6.31. The van der Waals surface area contributed by atoms with Crippen molar-refractivity contribution in [3.8, 4) is 0 Å². The van der Waals surface area contributed by atoms with E-state index in [0.717, 1.165) is 45.2 Å². The molecule has 2 radical (unpaired) electrons. The van der Waals surface area contributed by atoms with Crippen LogP contribution in [0, 0.1) is 5.82 Å². The van der Waals surface area contributed by atoms with E-state index in [1.807, 2.05) is 6.92 Å². The Morgan fingerprint density at radius 3 is 2.44 bits per heavy atom. The molecule has 2 heterocycles. The highest BCUT2D eigenvalue weighted by atomic mass is 19.1. The van der Waals surface area contributed by atoms with Gasteiger partial charge in [-0.15, -0.1) is 0 Å². The van der Waals surface area contributed by atoms with Gasteiger partial charge in [-0.05, 0) is 55.2 Å². The van der Waals surface area contributed by atoms with Crippen LogP contribution in [0.5, 0.6) is 0 Å². The van der Waals surface area contributed by atoms with Crippen LogP contribution in [0.25, 0.3) is 0 Å². The standard InChI is InChI=1S/C16H23BN2.C11H13FO/c1-4-9-16(17)13(5-2)12-7-6-8-14-15(12)19(16)11-10-18(14)3;1-2-3-4-11(13)9-5-7-10(12)8-6-9/h6-8,13H,4-5,9-11H2,1-3H3;5-8H,2-4H2,1H3. The zero-order valence-corrected chi connectivity index (χ0v) is 20.0. The number of unbranched alkanes of at least 4 members (excludes halogenated alkanes) is 1. The molecular weight excluding hydrogens is 398 g/mol. The van der Waals surface area contributed by atoms with Gasteiger partial charge in [0.15, 0.2) is 5.78 Å². The van der Waals surface area contributed by atoms with Gasteiger partial charge < -0.3 is 9.80 Å². The largest absolute Gasteiger partial charge is 0.371 e. The van der Waals surface area contributed by atoms with Crippen molar-refractivity contribution >= 4 is 25.0 Å². The molecule has 2 aliphatic heterocycles. The summed E-state index contributed by atoms with van der Waals surface area (Å²) in [6.07, 6.45) is 5.80. The number of carbonyl (C=O) groups excluding carboxylic acids is 1. The summed E-state index contributed by atoms with van der Waals surface area (Å²) in [7, 11) is 9.07. The summed E-state index contributed by atoms with van der Waals surface area (Å²) in [5.41, 5.74) is 4.64. The normalized spacial score (nSPS) is 21.1. The second kappa shape index (κ2) is 10.5. The van der Waals surface area contributed by atoms with Crippen LogP contribution in [0.3, 0.4) is 0 Å². The Bertz CT molecular complexity index is 916. The number of para-hydroxylation sites is 1. The summed E-state index contributed by atoms with van der Waals surface area (Å²) in [5, 5.41) is 0. The van der Waals surface area contributed by atoms with Gasteiger partial charge in [0.05, 0.1) is 11.4 Å². The number of hydrogen-bond donors (Lipinski definition) is 0. The summed E-state index contributed by atoms with van der Waals surface area (Å²) in [5.74, 6) is 0.266. The Labute approximate surface area is 194 Å². The number of hydrogen-bond acceptors (Lipinski definition) is 3. The lowest BCUT2D eigenvalue weighted by Gasteiger charge is -2.45. The molecule has 2 atom stereocenters. The van der Waals surface area contributed by atoms with Gasteiger partial charge in [0, 0.05) is 43.5 Å². The molecule has 0 fully saturated rings. The first-order chi connectivity index (χ1) is 15.4. The molecule has 2 aromatic rings. The van der Waals surface area contributed by atoms with Crippen molar-refractivity contribution in [2.24, 2.45) is 0 Å². The number of Topliss-reactive ketones (excluding diaryl/α,β-unsaturated/α-hetero) is 1. The van der Waals surface area contributed by atoms with Crippen LogP contribution in [-0.2, 0) is 0 Å². The van der Waals surface area contributed by atoms with Crippen LogP contribution >= 0.6 is 0 Å². The van der Waals surface area contributed by atoms with Crippen molar-refractivity contribution in [3.63, 3.8) is 0 Å². The Balaban J connectivity index is 0.000000195. The quantitative estimate of drug-likeness (QED) is 0.377. The smallest absolute Gasteiger partial charge is 0.162 e. The van der Waals surface area contributed by atoms with E-state index in [-0.39, 0.29) is 17.0 Å². The second-order valence-corrected chi connectivity index (χ2v) is 9.02. The number of carbonyl (C=O) groups is 1. The van der Waals surface area contributed by atoms with Crippen molar-refractivity contribution in [1.29, 1.82) is 0 Å². The van der Waals surface area contributed by atoms with Crippen LogP contribution in [0.1, 0.15) is 81.1 Å². The highest BCUT2D eigenvalue weighted by Crippen LogP contribution is 2.54. The number of nitrogens with zero attached hydrogens (tertiary/aromatic N) is 2. The molecule has 0 amide bonds. The van der Waals surface area contributed by atoms with Crippen LogP contribution < -0.4 is 9.80 Å². The molecule has 2 unspecified atom stereocenters. The van der Waals surface area contributed by atoms with Gasteiger partial charge in [-0.1, -0.05) is 45.7 Å². The van der Waals surface area contributed by atoms with Crippen molar-refractivity contribution in [3.05, 3.63) is 59.4 Å². The van der Waals surface area contributed by atoms with E-state index in [4.69, 9.17) is 7.85 Å². The summed E-state index contributed by atoms with van der Waals surface area (Å²) < 4.78 is 12.5. The molecule has 2 aromatic carbocycles. The van der Waals surface area contributed by atoms with Gasteiger partial charge in [0.25, 0.3) is 0 Å². The Morgan fingerprint density at radius 2 is 1.81 bits per heavy atom. The van der Waals surface area contributed by atoms with E-state index < -0.39 is 0 Å². The lowest BCUT2D eigenvalue weighted by molar-refractivity contribution is 0.0979. The van der Waals surface area contributed by atoms with E-state index in [9.17, 15) is 9.18 Å². The first-order valence-corrected chi connectivity index (χ1v) is 12.1. The lowest BCUT2D eigenvalue weighted by Crippen LogP contribution is -2.53. The number of likely N-dealkylation sites (N-methyl/N-ethyl adjacent to an activating group) is 1. The third-order valence-corrected chi connectivity index (χ3v) is 6.85. The first-order valence-electron chi connectivity index (χ1n) is 12.1. The Hall–Kier alpha value is -2.30. The van der Waals surface area contributed by atoms with Crippen LogP contribution in [-0.4, -0.2) is 39.2 Å². The van der Waals surface area contributed by atoms with Crippen molar-refractivity contribution in [2.75, 3.05) is 29.9 Å². The zero-order valence-electron chi connectivity index (χ0n) is 20.0. The fourth-order valence-electron chi connectivity index (χ4n) is 5.19. The van der Waals surface area contributed by atoms with E-state index in [1.54, 1.807) is 0 Å². The van der Waals surface area contributed by atoms with Gasteiger partial charge in [-0.2, -0.15) is 0 Å². The summed E-state index contributed by atoms with van der Waals surface area (Å²) in [6.45, 7) is 8.66. The third-order valence-electron chi connectivity index (χ3n) is 6.85. The maximum Gasteiger partial charge on any atom is 0.162 e. The molecule has 0 N–H and O–H groups in total. The van der Waals surface area contributed by atoms with Crippen molar-refractivity contribution in [2.45, 2.75) is 70.7 Å². The molecule has 0 saturated carbocycles. The molecule has 0 aromatic heterocycles. The Kier molecular flexibility index (Phi) is 8.03. The van der Waals surface area contributed by atoms with Crippen molar-refractivity contribution in [1.82, 2.24) is 0 Å². The van der Waals surface area contributed by atoms with Gasteiger partial charge in [-0.3, -0.25) is 4.79 Å². The van der Waals surface area contributed by atoms with Gasteiger partial charge in [0.1, 0.15) is 13.7 Å². The molecule has 0 spiro atoms. The van der Waals surface area contributed by atoms with E-state index >= 15 is 0 Å². The predicted molar refractivity (Wildman–Crippen MR) is 134 cm³/mol. The molecule has 0 bridgehead atoms. The maximum absolute atomic E-state index is 12.5. The minimum absolute atomic E-state index is 0.0989. The topological polar surface area (TPSA) is 23.6 Å². The molecule has 32 heavy (non-hydrogen) atoms. The SMILES string of the molecule is CCCCC(=O)c1ccc(F)cc1.[B]C1(CCC)C(CC)c2cccc3c2N1CCN3C. The van der Waals surface area contributed by atoms with Gasteiger partial charge >= 0.3 is 0 Å². The number of halogens is 1. The summed E-state index contributed by atoms with van der Waals surface area (Å²) >= 11 is 0. The summed E-state index contributed by atoms with van der Waals surface area (Å²) in [4.78, 5) is 16.2. The van der Waals surface area contributed by atoms with Crippen LogP contribution in [0.15, 0.2) is 42.5 Å². The third kappa shape index (κ3) is 4.72. The average Bonchev–Trinajstić information content (AvgIpc) is 3.03. The van der Waals surface area contributed by atoms with Gasteiger partial charge in [0.2, 0.25) is 0 Å². The van der Waals surface area contributed by atoms with E-state index in [2.05, 4.69) is 48.9 Å².